The number of halogens is 1. The van der Waals surface area contributed by atoms with Gasteiger partial charge in [0.25, 0.3) is 0 Å². The SMILES string of the molecule is C[C@@H]1C[C@H](C)[C@H](C(=O)NCc2cc(COc3ccccc3F)on2)O1. The van der Waals surface area contributed by atoms with Crippen LogP contribution in [0.25, 0.3) is 0 Å². The number of ether oxygens (including phenoxy) is 2. The van der Waals surface area contributed by atoms with E-state index < -0.39 is 11.9 Å². The van der Waals surface area contributed by atoms with Crippen LogP contribution in [-0.4, -0.2) is 23.3 Å². The van der Waals surface area contributed by atoms with E-state index in [0.717, 1.165) is 6.42 Å². The molecule has 1 aromatic heterocycles. The van der Waals surface area contributed by atoms with Gasteiger partial charge in [0.1, 0.15) is 18.4 Å². The summed E-state index contributed by atoms with van der Waals surface area (Å²) >= 11 is 0. The molecule has 1 aliphatic rings. The molecule has 7 heteroatoms. The Balaban J connectivity index is 1.49. The summed E-state index contributed by atoms with van der Waals surface area (Å²) in [4.78, 5) is 12.2. The van der Waals surface area contributed by atoms with Crippen molar-refractivity contribution in [3.8, 4) is 5.75 Å². The highest BCUT2D eigenvalue weighted by Gasteiger charge is 2.34. The molecule has 0 aliphatic carbocycles. The quantitative estimate of drug-likeness (QED) is 0.869. The first-order valence-corrected chi connectivity index (χ1v) is 8.28. The summed E-state index contributed by atoms with van der Waals surface area (Å²) in [7, 11) is 0. The molecule has 0 radical (unpaired) electrons. The third kappa shape index (κ3) is 4.36. The second-order valence-corrected chi connectivity index (χ2v) is 6.30. The van der Waals surface area contributed by atoms with Gasteiger partial charge in [-0.15, -0.1) is 0 Å². The largest absolute Gasteiger partial charge is 0.482 e. The van der Waals surface area contributed by atoms with Gasteiger partial charge in [-0.05, 0) is 31.4 Å². The zero-order valence-electron chi connectivity index (χ0n) is 14.2. The molecule has 0 saturated carbocycles. The lowest BCUT2D eigenvalue weighted by Crippen LogP contribution is -2.37. The third-order valence-corrected chi connectivity index (χ3v) is 4.12. The van der Waals surface area contributed by atoms with Crippen molar-refractivity contribution in [2.45, 2.75) is 45.6 Å². The Morgan fingerprint density at radius 3 is 2.92 bits per heavy atom. The highest BCUT2D eigenvalue weighted by Crippen LogP contribution is 2.25. The van der Waals surface area contributed by atoms with Crippen molar-refractivity contribution in [2.24, 2.45) is 5.92 Å². The Bertz CT molecular complexity index is 733. The van der Waals surface area contributed by atoms with Gasteiger partial charge in [-0.2, -0.15) is 0 Å². The Kier molecular flexibility index (Phi) is 5.33. The molecule has 25 heavy (non-hydrogen) atoms. The van der Waals surface area contributed by atoms with Crippen molar-refractivity contribution < 1.29 is 23.2 Å². The van der Waals surface area contributed by atoms with E-state index in [-0.39, 0.29) is 36.8 Å². The van der Waals surface area contributed by atoms with Gasteiger partial charge in [0.2, 0.25) is 5.91 Å². The molecule has 1 N–H and O–H groups in total. The van der Waals surface area contributed by atoms with Gasteiger partial charge in [0, 0.05) is 6.07 Å². The minimum atomic E-state index is -0.436. The Morgan fingerprint density at radius 2 is 2.20 bits per heavy atom. The number of para-hydroxylation sites is 1. The zero-order chi connectivity index (χ0) is 17.8. The van der Waals surface area contributed by atoms with Crippen molar-refractivity contribution in [3.63, 3.8) is 0 Å². The molecule has 1 amide bonds. The lowest BCUT2D eigenvalue weighted by atomic mass is 10.0. The van der Waals surface area contributed by atoms with E-state index in [1.165, 1.54) is 12.1 Å². The normalized spacial score (nSPS) is 22.8. The van der Waals surface area contributed by atoms with Crippen molar-refractivity contribution in [3.05, 3.63) is 47.6 Å². The number of amides is 1. The van der Waals surface area contributed by atoms with Crippen molar-refractivity contribution in [1.82, 2.24) is 10.5 Å². The van der Waals surface area contributed by atoms with E-state index in [4.69, 9.17) is 14.0 Å². The molecule has 2 heterocycles. The van der Waals surface area contributed by atoms with Gasteiger partial charge >= 0.3 is 0 Å². The second-order valence-electron chi connectivity index (χ2n) is 6.30. The number of carbonyl (C=O) groups is 1. The fourth-order valence-corrected chi connectivity index (χ4v) is 2.90. The average Bonchev–Trinajstić information content (AvgIpc) is 3.18. The van der Waals surface area contributed by atoms with Gasteiger partial charge < -0.3 is 19.3 Å². The molecule has 0 spiro atoms. The summed E-state index contributed by atoms with van der Waals surface area (Å²) < 4.78 is 29.6. The maximum Gasteiger partial charge on any atom is 0.249 e. The minimum Gasteiger partial charge on any atom is -0.482 e. The maximum absolute atomic E-state index is 13.5. The summed E-state index contributed by atoms with van der Waals surface area (Å²) in [5, 5.41) is 6.68. The summed E-state index contributed by atoms with van der Waals surface area (Å²) in [5.74, 6) is 0.206. The Labute approximate surface area is 145 Å². The number of carbonyl (C=O) groups excluding carboxylic acids is 1. The minimum absolute atomic E-state index is 0.0577. The lowest BCUT2D eigenvalue weighted by molar-refractivity contribution is -0.133. The van der Waals surface area contributed by atoms with Gasteiger partial charge in [-0.25, -0.2) is 4.39 Å². The van der Waals surface area contributed by atoms with Crippen LogP contribution in [0.15, 0.2) is 34.9 Å². The third-order valence-electron chi connectivity index (χ3n) is 4.12. The molecule has 1 saturated heterocycles. The fourth-order valence-electron chi connectivity index (χ4n) is 2.90. The van der Waals surface area contributed by atoms with Crippen LogP contribution in [-0.2, 0) is 22.7 Å². The van der Waals surface area contributed by atoms with E-state index in [1.807, 2.05) is 13.8 Å². The van der Waals surface area contributed by atoms with Gasteiger partial charge in [0.05, 0.1) is 12.6 Å². The first-order valence-electron chi connectivity index (χ1n) is 8.28. The summed E-state index contributed by atoms with van der Waals surface area (Å²) in [6.45, 7) is 4.26. The number of hydrogen-bond donors (Lipinski definition) is 1. The van der Waals surface area contributed by atoms with Crippen LogP contribution in [0.3, 0.4) is 0 Å². The molecule has 3 atom stereocenters. The lowest BCUT2D eigenvalue weighted by Gasteiger charge is -2.14. The first-order chi connectivity index (χ1) is 12.0. The molecule has 0 unspecified atom stereocenters. The number of rotatable bonds is 6. The van der Waals surface area contributed by atoms with Crippen LogP contribution in [0, 0.1) is 11.7 Å². The summed E-state index contributed by atoms with van der Waals surface area (Å²) in [6.07, 6.45) is 0.547. The number of benzene rings is 1. The number of hydrogen-bond acceptors (Lipinski definition) is 5. The predicted octanol–water partition coefficient (Wildman–Crippen LogP) is 2.82. The first kappa shape index (κ1) is 17.4. The molecule has 1 aromatic carbocycles. The van der Waals surface area contributed by atoms with Gasteiger partial charge in [-0.1, -0.05) is 24.2 Å². The van der Waals surface area contributed by atoms with Gasteiger partial charge in [-0.3, -0.25) is 4.79 Å². The van der Waals surface area contributed by atoms with Crippen LogP contribution in [0.2, 0.25) is 0 Å². The highest BCUT2D eigenvalue weighted by atomic mass is 19.1. The van der Waals surface area contributed by atoms with Gasteiger partial charge in [0.15, 0.2) is 17.3 Å². The topological polar surface area (TPSA) is 73.6 Å². The van der Waals surface area contributed by atoms with Crippen LogP contribution < -0.4 is 10.1 Å². The van der Waals surface area contributed by atoms with Crippen LogP contribution in [0.4, 0.5) is 4.39 Å². The number of aromatic nitrogens is 1. The van der Waals surface area contributed by atoms with Crippen LogP contribution >= 0.6 is 0 Å². The maximum atomic E-state index is 13.5. The molecule has 1 fully saturated rings. The van der Waals surface area contributed by atoms with Crippen molar-refractivity contribution in [2.75, 3.05) is 0 Å². The Morgan fingerprint density at radius 1 is 1.40 bits per heavy atom. The van der Waals surface area contributed by atoms with E-state index in [1.54, 1.807) is 18.2 Å². The molecule has 1 aliphatic heterocycles. The monoisotopic (exact) mass is 348 g/mol. The predicted molar refractivity (Wildman–Crippen MR) is 87.2 cm³/mol. The highest BCUT2D eigenvalue weighted by molar-refractivity contribution is 5.81. The molecule has 3 rings (SSSR count). The number of nitrogens with one attached hydrogen (secondary N) is 1. The molecule has 2 aromatic rings. The standard InChI is InChI=1S/C18H21FN2O4/c1-11-7-12(2)24-17(11)18(22)20-9-13-8-14(25-21-13)10-23-16-6-4-3-5-15(16)19/h3-6,8,11-12,17H,7,9-10H2,1-2H3,(H,20,22)/t11-,12+,17+/m0/s1. The molecule has 134 valence electrons. The molecular weight excluding hydrogens is 327 g/mol. The average molecular weight is 348 g/mol. The fraction of sp³-hybridized carbons (Fsp3) is 0.444. The van der Waals surface area contributed by atoms with Crippen LogP contribution in [0.5, 0.6) is 5.75 Å². The van der Waals surface area contributed by atoms with E-state index >= 15 is 0 Å². The van der Waals surface area contributed by atoms with Crippen molar-refractivity contribution in [1.29, 1.82) is 0 Å². The number of nitrogens with zero attached hydrogens (tertiary/aromatic N) is 1. The Hall–Kier alpha value is -2.41. The van der Waals surface area contributed by atoms with E-state index in [2.05, 4.69) is 10.5 Å². The molecular formula is C18H21FN2O4. The van der Waals surface area contributed by atoms with Crippen LogP contribution in [0.1, 0.15) is 31.7 Å². The smallest absolute Gasteiger partial charge is 0.249 e. The zero-order valence-corrected chi connectivity index (χ0v) is 14.2. The van der Waals surface area contributed by atoms with E-state index in [9.17, 15) is 9.18 Å². The summed E-state index contributed by atoms with van der Waals surface area (Å²) in [6, 6.07) is 7.81. The molecule has 6 nitrogen and oxygen atoms in total. The van der Waals surface area contributed by atoms with Crippen molar-refractivity contribution >= 4 is 5.91 Å². The molecule has 0 bridgehead atoms. The van der Waals surface area contributed by atoms with E-state index in [0.29, 0.717) is 11.5 Å². The second kappa shape index (κ2) is 7.65. The summed E-state index contributed by atoms with van der Waals surface area (Å²) in [5.41, 5.74) is 0.569.